The number of nitrogens with zero attached hydrogens (tertiary/aromatic N) is 2. The molecule has 0 unspecified atom stereocenters. The average Bonchev–Trinajstić information content (AvgIpc) is 3.02. The number of hydrogen-bond donors (Lipinski definition) is 1. The molecule has 4 saturated carbocycles. The van der Waals surface area contributed by atoms with Crippen molar-refractivity contribution in [2.45, 2.75) is 69.9 Å². The molecule has 4 bridgehead atoms. The first-order valence-electron chi connectivity index (χ1n) is 16.5. The lowest BCUT2D eigenvalue weighted by atomic mass is 9.48. The van der Waals surface area contributed by atoms with Gasteiger partial charge in [0.15, 0.2) is 0 Å². The van der Waals surface area contributed by atoms with Gasteiger partial charge in [0, 0.05) is 24.0 Å². The van der Waals surface area contributed by atoms with Crippen LogP contribution in [0.4, 0.5) is 5.69 Å². The molecule has 0 saturated heterocycles. The maximum absolute atomic E-state index is 14.3. The SMILES string of the molecule is CCNC(=O)[C@H](Cc1ccccc1)N(Cc1ccc(Br)cc1)C(=O)CN(c1ccc(C23CC4CC(CC(C4)C2)C3)cc1)S(C)(=O)=O. The fraction of sp³-hybridized carbons (Fsp3) is 0.459. The van der Waals surface area contributed by atoms with Gasteiger partial charge in [-0.1, -0.05) is 70.5 Å². The van der Waals surface area contributed by atoms with E-state index in [1.54, 1.807) is 0 Å². The van der Waals surface area contributed by atoms with Gasteiger partial charge in [-0.15, -0.1) is 0 Å². The Bertz CT molecular complexity index is 1610. The fourth-order valence-corrected chi connectivity index (χ4v) is 9.81. The molecular formula is C37H44BrN3O4S. The molecule has 7 rings (SSSR count). The molecule has 244 valence electrons. The van der Waals surface area contributed by atoms with E-state index in [4.69, 9.17) is 0 Å². The van der Waals surface area contributed by atoms with Gasteiger partial charge in [-0.05, 0) is 110 Å². The van der Waals surface area contributed by atoms with Crippen LogP contribution in [0.5, 0.6) is 0 Å². The van der Waals surface area contributed by atoms with Crippen molar-refractivity contribution >= 4 is 43.5 Å². The van der Waals surface area contributed by atoms with Crippen LogP contribution in [0.2, 0.25) is 0 Å². The normalized spacial score (nSPS) is 23.9. The standard InChI is InChI=1S/C37H44BrN3O4S/c1-3-39-36(43)34(20-26-7-5-4-6-8-26)40(24-27-9-13-32(38)14-10-27)35(42)25-41(46(2,44)45)33-15-11-31(12-16-33)37-21-28-17-29(22-37)19-30(18-28)23-37/h4-16,28-30,34H,3,17-25H2,1-2H3,(H,39,43)/t28?,29?,30?,34-,37?/m0/s1. The third-order valence-electron chi connectivity index (χ3n) is 10.4. The highest BCUT2D eigenvalue weighted by atomic mass is 79.9. The quantitative estimate of drug-likeness (QED) is 0.235. The van der Waals surface area contributed by atoms with Crippen molar-refractivity contribution in [2.24, 2.45) is 17.8 Å². The molecule has 0 radical (unpaired) electrons. The number of halogens is 1. The first kappa shape index (κ1) is 32.8. The number of nitrogens with one attached hydrogen (secondary N) is 1. The molecule has 0 spiro atoms. The lowest BCUT2D eigenvalue weighted by Crippen LogP contribution is -2.53. The Morgan fingerprint density at radius 1 is 0.870 bits per heavy atom. The Morgan fingerprint density at radius 3 is 2.00 bits per heavy atom. The van der Waals surface area contributed by atoms with Gasteiger partial charge in [0.05, 0.1) is 11.9 Å². The number of anilines is 1. The second kappa shape index (κ2) is 13.5. The van der Waals surface area contributed by atoms with Crippen LogP contribution in [0.3, 0.4) is 0 Å². The Morgan fingerprint density at radius 2 is 1.46 bits per heavy atom. The highest BCUT2D eigenvalue weighted by molar-refractivity contribution is 9.10. The average molecular weight is 707 g/mol. The number of rotatable bonds is 12. The summed E-state index contributed by atoms with van der Waals surface area (Å²) in [5.41, 5.74) is 3.70. The summed E-state index contributed by atoms with van der Waals surface area (Å²) in [6, 6.07) is 24.3. The molecule has 3 aromatic carbocycles. The minimum Gasteiger partial charge on any atom is -0.355 e. The van der Waals surface area contributed by atoms with E-state index in [0.717, 1.165) is 39.6 Å². The number of hydrogen-bond acceptors (Lipinski definition) is 4. The predicted molar refractivity (Wildman–Crippen MR) is 186 cm³/mol. The lowest BCUT2D eigenvalue weighted by Gasteiger charge is -2.57. The van der Waals surface area contributed by atoms with Crippen molar-refractivity contribution < 1.29 is 18.0 Å². The van der Waals surface area contributed by atoms with Crippen molar-refractivity contribution in [1.82, 2.24) is 10.2 Å². The maximum Gasteiger partial charge on any atom is 0.244 e. The molecule has 3 aromatic rings. The molecule has 1 N–H and O–H groups in total. The smallest absolute Gasteiger partial charge is 0.244 e. The van der Waals surface area contributed by atoms with E-state index >= 15 is 0 Å². The monoisotopic (exact) mass is 705 g/mol. The van der Waals surface area contributed by atoms with Crippen LogP contribution >= 0.6 is 15.9 Å². The fourth-order valence-electron chi connectivity index (χ4n) is 8.69. The lowest BCUT2D eigenvalue weighted by molar-refractivity contribution is -0.140. The number of sulfonamides is 1. The van der Waals surface area contributed by atoms with Crippen LogP contribution in [0.15, 0.2) is 83.3 Å². The van der Waals surface area contributed by atoms with E-state index in [9.17, 15) is 18.0 Å². The number of carbonyl (C=O) groups is 2. The van der Waals surface area contributed by atoms with E-state index in [0.29, 0.717) is 18.7 Å². The molecule has 0 aliphatic heterocycles. The van der Waals surface area contributed by atoms with Gasteiger partial charge in [-0.3, -0.25) is 13.9 Å². The van der Waals surface area contributed by atoms with Gasteiger partial charge < -0.3 is 10.2 Å². The maximum atomic E-state index is 14.3. The summed E-state index contributed by atoms with van der Waals surface area (Å²) in [6.07, 6.45) is 9.19. The number of amides is 2. The summed E-state index contributed by atoms with van der Waals surface area (Å²) >= 11 is 3.47. The molecule has 7 nitrogen and oxygen atoms in total. The first-order chi connectivity index (χ1) is 22.0. The van der Waals surface area contributed by atoms with Crippen molar-refractivity contribution in [3.63, 3.8) is 0 Å². The molecule has 1 atom stereocenters. The number of benzene rings is 3. The molecule has 2 amide bonds. The summed E-state index contributed by atoms with van der Waals surface area (Å²) in [4.78, 5) is 29.4. The number of likely N-dealkylation sites (N-methyl/N-ethyl adjacent to an activating group) is 1. The Kier molecular flexibility index (Phi) is 9.62. The van der Waals surface area contributed by atoms with Gasteiger partial charge in [0.1, 0.15) is 12.6 Å². The zero-order valence-corrected chi connectivity index (χ0v) is 29.1. The zero-order chi connectivity index (χ0) is 32.5. The third-order valence-corrected chi connectivity index (χ3v) is 12.0. The largest absolute Gasteiger partial charge is 0.355 e. The van der Waals surface area contributed by atoms with E-state index in [1.807, 2.05) is 73.7 Å². The molecule has 9 heteroatoms. The summed E-state index contributed by atoms with van der Waals surface area (Å²) in [7, 11) is -3.82. The Balaban J connectivity index is 1.29. The highest BCUT2D eigenvalue weighted by Gasteiger charge is 2.51. The van der Waals surface area contributed by atoms with E-state index < -0.39 is 28.5 Å². The van der Waals surface area contributed by atoms with Gasteiger partial charge in [-0.25, -0.2) is 8.42 Å². The molecule has 0 aromatic heterocycles. The topological polar surface area (TPSA) is 86.8 Å². The minimum atomic E-state index is -3.82. The molecule has 4 fully saturated rings. The number of carbonyl (C=O) groups excluding carboxylic acids is 2. The summed E-state index contributed by atoms with van der Waals surface area (Å²) in [5.74, 6) is 1.71. The predicted octanol–water partition coefficient (Wildman–Crippen LogP) is 6.46. The van der Waals surface area contributed by atoms with E-state index in [-0.39, 0.29) is 17.9 Å². The molecule has 0 heterocycles. The Hall–Kier alpha value is -3.17. The molecule has 4 aliphatic rings. The van der Waals surface area contributed by atoms with Crippen molar-refractivity contribution in [1.29, 1.82) is 0 Å². The zero-order valence-electron chi connectivity index (χ0n) is 26.7. The first-order valence-corrected chi connectivity index (χ1v) is 19.1. The van der Waals surface area contributed by atoms with Crippen molar-refractivity contribution in [3.8, 4) is 0 Å². The van der Waals surface area contributed by atoms with Crippen LogP contribution in [-0.4, -0.2) is 50.5 Å². The second-order valence-corrected chi connectivity index (χ2v) is 16.6. The van der Waals surface area contributed by atoms with Gasteiger partial charge in [0.2, 0.25) is 21.8 Å². The van der Waals surface area contributed by atoms with Crippen molar-refractivity contribution in [3.05, 3.63) is 100 Å². The van der Waals surface area contributed by atoms with Crippen LogP contribution in [0.1, 0.15) is 62.1 Å². The molecule has 4 aliphatic carbocycles. The van der Waals surface area contributed by atoms with Crippen molar-refractivity contribution in [2.75, 3.05) is 23.7 Å². The minimum absolute atomic E-state index is 0.156. The van der Waals surface area contributed by atoms with Gasteiger partial charge >= 0.3 is 0 Å². The van der Waals surface area contributed by atoms with Gasteiger partial charge in [0.25, 0.3) is 0 Å². The van der Waals surface area contributed by atoms with Crippen LogP contribution in [0, 0.1) is 17.8 Å². The highest BCUT2D eigenvalue weighted by Crippen LogP contribution is 2.60. The third kappa shape index (κ3) is 7.20. The molecule has 46 heavy (non-hydrogen) atoms. The van der Waals surface area contributed by atoms with E-state index in [2.05, 4.69) is 33.4 Å². The summed E-state index contributed by atoms with van der Waals surface area (Å²) < 4.78 is 28.6. The second-order valence-electron chi connectivity index (χ2n) is 13.8. The summed E-state index contributed by atoms with van der Waals surface area (Å²) in [6.45, 7) is 2.01. The Labute approximate surface area is 281 Å². The van der Waals surface area contributed by atoms with Gasteiger partial charge in [-0.2, -0.15) is 0 Å². The summed E-state index contributed by atoms with van der Waals surface area (Å²) in [5, 5.41) is 2.90. The van der Waals surface area contributed by atoms with Crippen LogP contribution in [0.25, 0.3) is 0 Å². The molecular weight excluding hydrogens is 662 g/mol. The van der Waals surface area contributed by atoms with E-state index in [1.165, 1.54) is 53.3 Å². The van der Waals surface area contributed by atoms with Crippen LogP contribution in [-0.2, 0) is 38.0 Å². The van der Waals surface area contributed by atoms with Crippen LogP contribution < -0.4 is 9.62 Å².